The van der Waals surface area contributed by atoms with Crippen molar-refractivity contribution in [2.75, 3.05) is 13.1 Å². The van der Waals surface area contributed by atoms with E-state index in [1.807, 2.05) is 30.3 Å². The third-order valence-corrected chi connectivity index (χ3v) is 3.95. The van der Waals surface area contributed by atoms with E-state index < -0.39 is 0 Å². The van der Waals surface area contributed by atoms with Gasteiger partial charge in [0.05, 0.1) is 6.42 Å². The van der Waals surface area contributed by atoms with Crippen LogP contribution in [0.4, 0.5) is 0 Å². The van der Waals surface area contributed by atoms with E-state index in [1.165, 1.54) is 6.42 Å². The van der Waals surface area contributed by atoms with Crippen LogP contribution >= 0.6 is 0 Å². The summed E-state index contributed by atoms with van der Waals surface area (Å²) in [7, 11) is 0. The first kappa shape index (κ1) is 15.0. The van der Waals surface area contributed by atoms with Crippen molar-refractivity contribution in [2.24, 2.45) is 11.8 Å². The third-order valence-electron chi connectivity index (χ3n) is 3.95. The molecule has 2 atom stereocenters. The Kier molecular flexibility index (Phi) is 5.60. The zero-order chi connectivity index (χ0) is 14.4. The molecule has 1 saturated heterocycles. The number of rotatable bonds is 5. The molecule has 0 aromatic heterocycles. The lowest BCUT2D eigenvalue weighted by Crippen LogP contribution is -2.51. The fourth-order valence-corrected chi connectivity index (χ4v) is 3.01. The molecule has 1 amide bonds. The molecule has 0 aliphatic carbocycles. The summed E-state index contributed by atoms with van der Waals surface area (Å²) in [6, 6.07) is 10.2. The van der Waals surface area contributed by atoms with Gasteiger partial charge in [0.2, 0.25) is 5.91 Å². The van der Waals surface area contributed by atoms with E-state index in [-0.39, 0.29) is 11.9 Å². The molecule has 1 aromatic rings. The van der Waals surface area contributed by atoms with Crippen LogP contribution in [0.25, 0.3) is 0 Å². The van der Waals surface area contributed by atoms with Gasteiger partial charge in [0, 0.05) is 12.6 Å². The summed E-state index contributed by atoms with van der Waals surface area (Å²) in [4.78, 5) is 12.2. The Morgan fingerprint density at radius 2 is 2.10 bits per heavy atom. The molecule has 2 N–H and O–H groups in total. The third kappa shape index (κ3) is 4.64. The van der Waals surface area contributed by atoms with Crippen molar-refractivity contribution in [2.45, 2.75) is 39.2 Å². The van der Waals surface area contributed by atoms with Gasteiger partial charge in [-0.2, -0.15) is 0 Å². The summed E-state index contributed by atoms with van der Waals surface area (Å²) in [5.74, 6) is 1.43. The molecule has 1 fully saturated rings. The zero-order valence-corrected chi connectivity index (χ0v) is 12.6. The first-order valence-electron chi connectivity index (χ1n) is 7.69. The van der Waals surface area contributed by atoms with Crippen LogP contribution in [0.1, 0.15) is 32.3 Å². The number of hydrogen-bond donors (Lipinski definition) is 2. The monoisotopic (exact) mass is 274 g/mol. The van der Waals surface area contributed by atoms with Gasteiger partial charge < -0.3 is 10.6 Å². The molecule has 1 aliphatic rings. The lowest BCUT2D eigenvalue weighted by Gasteiger charge is -2.34. The average molecular weight is 274 g/mol. The van der Waals surface area contributed by atoms with Crippen LogP contribution in [0.15, 0.2) is 30.3 Å². The topological polar surface area (TPSA) is 41.1 Å². The van der Waals surface area contributed by atoms with Crippen molar-refractivity contribution < 1.29 is 4.79 Å². The lowest BCUT2D eigenvalue weighted by molar-refractivity contribution is -0.121. The van der Waals surface area contributed by atoms with E-state index in [0.29, 0.717) is 18.3 Å². The highest BCUT2D eigenvalue weighted by molar-refractivity contribution is 5.78. The van der Waals surface area contributed by atoms with E-state index in [2.05, 4.69) is 24.5 Å². The number of piperidine rings is 1. The Morgan fingerprint density at radius 3 is 2.80 bits per heavy atom. The number of nitrogens with one attached hydrogen (secondary N) is 2. The zero-order valence-electron chi connectivity index (χ0n) is 12.6. The van der Waals surface area contributed by atoms with Crippen LogP contribution in [0.3, 0.4) is 0 Å². The highest BCUT2D eigenvalue weighted by Gasteiger charge is 2.26. The summed E-state index contributed by atoms with van der Waals surface area (Å²) in [5, 5.41) is 6.61. The molecule has 1 aliphatic heterocycles. The molecule has 110 valence electrons. The molecule has 1 aromatic carbocycles. The molecular formula is C17H26N2O. The number of benzene rings is 1. The van der Waals surface area contributed by atoms with Gasteiger partial charge in [-0.05, 0) is 36.8 Å². The van der Waals surface area contributed by atoms with Crippen LogP contribution in [-0.2, 0) is 11.2 Å². The molecule has 1 heterocycles. The Balaban J connectivity index is 1.88. The standard InChI is InChI=1S/C17H26N2O/c1-13(2)10-15-8-9-18-12-16(15)19-17(20)11-14-6-4-3-5-7-14/h3-7,13,15-16,18H,8-12H2,1-2H3,(H,19,20). The van der Waals surface area contributed by atoms with Crippen LogP contribution in [0.2, 0.25) is 0 Å². The molecular weight excluding hydrogens is 248 g/mol. The van der Waals surface area contributed by atoms with Crippen molar-refractivity contribution in [3.8, 4) is 0 Å². The maximum Gasteiger partial charge on any atom is 0.224 e. The first-order chi connectivity index (χ1) is 9.65. The van der Waals surface area contributed by atoms with Gasteiger partial charge in [-0.1, -0.05) is 44.2 Å². The largest absolute Gasteiger partial charge is 0.352 e. The maximum atomic E-state index is 12.2. The Labute approximate surface area is 122 Å². The second-order valence-electron chi connectivity index (χ2n) is 6.22. The minimum atomic E-state index is 0.138. The number of amides is 1. The highest BCUT2D eigenvalue weighted by Crippen LogP contribution is 2.21. The van der Waals surface area contributed by atoms with Gasteiger partial charge in [0.25, 0.3) is 0 Å². The molecule has 3 heteroatoms. The van der Waals surface area contributed by atoms with Crippen molar-refractivity contribution in [1.29, 1.82) is 0 Å². The van der Waals surface area contributed by atoms with Crippen molar-refractivity contribution in [3.05, 3.63) is 35.9 Å². The highest BCUT2D eigenvalue weighted by atomic mass is 16.1. The number of hydrogen-bond acceptors (Lipinski definition) is 2. The molecule has 0 saturated carbocycles. The SMILES string of the molecule is CC(C)CC1CCNCC1NC(=O)Cc1ccccc1. The second-order valence-corrected chi connectivity index (χ2v) is 6.22. The quantitative estimate of drug-likeness (QED) is 0.865. The molecule has 2 unspecified atom stereocenters. The molecule has 0 radical (unpaired) electrons. The molecule has 3 nitrogen and oxygen atoms in total. The summed E-state index contributed by atoms with van der Waals surface area (Å²) in [6.07, 6.45) is 2.83. The van der Waals surface area contributed by atoms with Gasteiger partial charge >= 0.3 is 0 Å². The normalized spacial score (nSPS) is 22.8. The molecule has 0 bridgehead atoms. The predicted molar refractivity (Wildman–Crippen MR) is 82.5 cm³/mol. The second kappa shape index (κ2) is 7.44. The van der Waals surface area contributed by atoms with E-state index in [0.717, 1.165) is 25.1 Å². The smallest absolute Gasteiger partial charge is 0.224 e. The Morgan fingerprint density at radius 1 is 1.35 bits per heavy atom. The fourth-order valence-electron chi connectivity index (χ4n) is 3.01. The summed E-state index contributed by atoms with van der Waals surface area (Å²) in [5.41, 5.74) is 1.08. The van der Waals surface area contributed by atoms with Gasteiger partial charge in [0.1, 0.15) is 0 Å². The Bertz CT molecular complexity index is 416. The lowest BCUT2D eigenvalue weighted by atomic mass is 9.85. The fraction of sp³-hybridized carbons (Fsp3) is 0.588. The van der Waals surface area contributed by atoms with Crippen molar-refractivity contribution in [1.82, 2.24) is 10.6 Å². The molecule has 0 spiro atoms. The van der Waals surface area contributed by atoms with Gasteiger partial charge in [-0.25, -0.2) is 0 Å². The number of carbonyl (C=O) groups is 1. The maximum absolute atomic E-state index is 12.2. The molecule has 20 heavy (non-hydrogen) atoms. The predicted octanol–water partition coefficient (Wildman–Crippen LogP) is 2.37. The van der Waals surface area contributed by atoms with Crippen LogP contribution in [-0.4, -0.2) is 25.0 Å². The van der Waals surface area contributed by atoms with Crippen LogP contribution in [0.5, 0.6) is 0 Å². The van der Waals surface area contributed by atoms with E-state index >= 15 is 0 Å². The van der Waals surface area contributed by atoms with Gasteiger partial charge in [-0.15, -0.1) is 0 Å². The van der Waals surface area contributed by atoms with Crippen molar-refractivity contribution >= 4 is 5.91 Å². The average Bonchev–Trinajstić information content (AvgIpc) is 2.41. The van der Waals surface area contributed by atoms with Gasteiger partial charge in [0.15, 0.2) is 0 Å². The summed E-state index contributed by atoms with van der Waals surface area (Å²) >= 11 is 0. The minimum Gasteiger partial charge on any atom is -0.352 e. The van der Waals surface area contributed by atoms with Crippen LogP contribution in [0, 0.1) is 11.8 Å². The molecule has 2 rings (SSSR count). The summed E-state index contributed by atoms with van der Waals surface area (Å²) in [6.45, 7) is 6.48. The number of carbonyl (C=O) groups excluding carboxylic acids is 1. The van der Waals surface area contributed by atoms with Crippen LogP contribution < -0.4 is 10.6 Å². The van der Waals surface area contributed by atoms with E-state index in [4.69, 9.17) is 0 Å². The Hall–Kier alpha value is -1.35. The van der Waals surface area contributed by atoms with E-state index in [9.17, 15) is 4.79 Å². The first-order valence-corrected chi connectivity index (χ1v) is 7.69. The van der Waals surface area contributed by atoms with E-state index in [1.54, 1.807) is 0 Å². The van der Waals surface area contributed by atoms with Crippen molar-refractivity contribution in [3.63, 3.8) is 0 Å². The summed E-state index contributed by atoms with van der Waals surface area (Å²) < 4.78 is 0. The van der Waals surface area contributed by atoms with Gasteiger partial charge in [-0.3, -0.25) is 4.79 Å². The minimum absolute atomic E-state index is 0.138.